The maximum Gasteiger partial charge on any atom is 0.328 e. The van der Waals surface area contributed by atoms with E-state index in [0.717, 1.165) is 31.6 Å². The minimum atomic E-state index is -1.26. The predicted molar refractivity (Wildman–Crippen MR) is 89.3 cm³/mol. The SMILES string of the molecule is NCCc1c[nH]c2ccc3c(c12)CCCO3.O=C(O)/C=C\C(=O)O. The van der Waals surface area contributed by atoms with Gasteiger partial charge >= 0.3 is 11.9 Å². The van der Waals surface area contributed by atoms with E-state index in [4.69, 9.17) is 20.7 Å². The van der Waals surface area contributed by atoms with Gasteiger partial charge in [-0.2, -0.15) is 0 Å². The second-order valence-electron chi connectivity index (χ2n) is 5.28. The summed E-state index contributed by atoms with van der Waals surface area (Å²) in [5.74, 6) is -1.46. The lowest BCUT2D eigenvalue weighted by Crippen LogP contribution is -2.09. The highest BCUT2D eigenvalue weighted by Gasteiger charge is 2.16. The highest BCUT2D eigenvalue weighted by atomic mass is 16.5. The summed E-state index contributed by atoms with van der Waals surface area (Å²) in [7, 11) is 0. The number of aromatic amines is 1. The normalized spacial score (nSPS) is 13.0. The Labute approximate surface area is 138 Å². The number of hydrogen-bond donors (Lipinski definition) is 4. The first kappa shape index (κ1) is 17.6. The Morgan fingerprint density at radius 1 is 1.25 bits per heavy atom. The quantitative estimate of drug-likeness (QED) is 0.632. The summed E-state index contributed by atoms with van der Waals surface area (Å²) in [6.07, 6.45) is 6.34. The van der Waals surface area contributed by atoms with Crippen molar-refractivity contribution in [2.24, 2.45) is 5.73 Å². The summed E-state index contributed by atoms with van der Waals surface area (Å²) in [5, 5.41) is 17.0. The molecule has 0 saturated heterocycles. The highest BCUT2D eigenvalue weighted by molar-refractivity contribution is 5.90. The van der Waals surface area contributed by atoms with Crippen LogP contribution in [-0.4, -0.2) is 40.3 Å². The summed E-state index contributed by atoms with van der Waals surface area (Å²) in [6, 6.07) is 4.17. The van der Waals surface area contributed by atoms with E-state index in [-0.39, 0.29) is 0 Å². The third-order valence-corrected chi connectivity index (χ3v) is 3.60. The first-order valence-corrected chi connectivity index (χ1v) is 7.61. The molecule has 2 aromatic rings. The van der Waals surface area contributed by atoms with Gasteiger partial charge in [0.2, 0.25) is 0 Å². The van der Waals surface area contributed by atoms with Gasteiger partial charge in [0, 0.05) is 34.8 Å². The number of rotatable bonds is 4. The zero-order chi connectivity index (χ0) is 17.5. The molecule has 0 bridgehead atoms. The molecule has 1 aromatic carbocycles. The number of aliphatic carboxylic acids is 2. The average molecular weight is 332 g/mol. The summed E-state index contributed by atoms with van der Waals surface area (Å²) in [5.41, 5.74) is 9.52. The van der Waals surface area contributed by atoms with Crippen LogP contribution in [0.15, 0.2) is 30.5 Å². The van der Waals surface area contributed by atoms with Crippen LogP contribution in [0, 0.1) is 0 Å². The van der Waals surface area contributed by atoms with Crippen molar-refractivity contribution < 1.29 is 24.5 Å². The molecule has 3 rings (SSSR count). The number of nitrogens with two attached hydrogens (primary N) is 1. The molecule has 2 heterocycles. The van der Waals surface area contributed by atoms with E-state index in [1.807, 2.05) is 0 Å². The third kappa shape index (κ3) is 4.36. The number of fused-ring (bicyclic) bond motifs is 3. The zero-order valence-electron chi connectivity index (χ0n) is 13.1. The van der Waals surface area contributed by atoms with E-state index in [9.17, 15) is 9.59 Å². The number of nitrogens with one attached hydrogen (secondary N) is 1. The third-order valence-electron chi connectivity index (χ3n) is 3.60. The van der Waals surface area contributed by atoms with Crippen LogP contribution in [0.3, 0.4) is 0 Å². The van der Waals surface area contributed by atoms with E-state index in [0.29, 0.717) is 18.7 Å². The van der Waals surface area contributed by atoms with E-state index >= 15 is 0 Å². The number of hydrogen-bond acceptors (Lipinski definition) is 4. The van der Waals surface area contributed by atoms with Crippen molar-refractivity contribution in [1.82, 2.24) is 4.98 Å². The van der Waals surface area contributed by atoms with E-state index < -0.39 is 11.9 Å². The van der Waals surface area contributed by atoms with Crippen LogP contribution in [0.2, 0.25) is 0 Å². The van der Waals surface area contributed by atoms with Crippen molar-refractivity contribution >= 4 is 22.8 Å². The topological polar surface area (TPSA) is 126 Å². The molecule has 1 aliphatic rings. The Kier molecular flexibility index (Phi) is 5.97. The van der Waals surface area contributed by atoms with E-state index in [2.05, 4.69) is 23.3 Å². The molecule has 5 N–H and O–H groups in total. The maximum atomic E-state index is 9.55. The first-order chi connectivity index (χ1) is 11.5. The number of ether oxygens (including phenoxy) is 1. The van der Waals surface area contributed by atoms with E-state index in [1.54, 1.807) is 0 Å². The van der Waals surface area contributed by atoms with Crippen molar-refractivity contribution in [3.05, 3.63) is 41.6 Å². The average Bonchev–Trinajstić information content (AvgIpc) is 2.97. The smallest absolute Gasteiger partial charge is 0.328 e. The molecule has 24 heavy (non-hydrogen) atoms. The number of carbonyl (C=O) groups is 2. The number of carboxylic acid groups (broad SMARTS) is 2. The van der Waals surface area contributed by atoms with Crippen LogP contribution >= 0.6 is 0 Å². The predicted octanol–water partition coefficient (Wildman–Crippen LogP) is 1.71. The van der Waals surface area contributed by atoms with Gasteiger partial charge in [0.05, 0.1) is 6.61 Å². The number of H-pyrrole nitrogens is 1. The minimum absolute atomic E-state index is 0.558. The molecule has 0 spiro atoms. The minimum Gasteiger partial charge on any atom is -0.493 e. The molecular formula is C17H20N2O5. The van der Waals surface area contributed by atoms with Crippen LogP contribution in [0.4, 0.5) is 0 Å². The van der Waals surface area contributed by atoms with Gasteiger partial charge in [-0.1, -0.05) is 0 Å². The molecular weight excluding hydrogens is 312 g/mol. The van der Waals surface area contributed by atoms with Crippen molar-refractivity contribution in [3.63, 3.8) is 0 Å². The second kappa shape index (κ2) is 8.16. The molecule has 0 aliphatic carbocycles. The lowest BCUT2D eigenvalue weighted by atomic mass is 9.98. The van der Waals surface area contributed by atoms with Gasteiger partial charge in [0.25, 0.3) is 0 Å². The van der Waals surface area contributed by atoms with Crippen LogP contribution < -0.4 is 10.5 Å². The second-order valence-corrected chi connectivity index (χ2v) is 5.28. The summed E-state index contributed by atoms with van der Waals surface area (Å²) < 4.78 is 5.69. The fourth-order valence-corrected chi connectivity index (χ4v) is 2.66. The molecule has 0 fully saturated rings. The molecule has 7 heteroatoms. The molecule has 7 nitrogen and oxygen atoms in total. The lowest BCUT2D eigenvalue weighted by Gasteiger charge is -2.18. The molecule has 0 atom stereocenters. The van der Waals surface area contributed by atoms with Gasteiger partial charge < -0.3 is 25.7 Å². The Balaban J connectivity index is 0.000000224. The molecule has 0 unspecified atom stereocenters. The highest BCUT2D eigenvalue weighted by Crippen LogP contribution is 2.33. The van der Waals surface area contributed by atoms with Crippen molar-refractivity contribution in [3.8, 4) is 5.75 Å². The van der Waals surface area contributed by atoms with Crippen LogP contribution in [0.5, 0.6) is 5.75 Å². The Hall–Kier alpha value is -2.80. The molecule has 0 radical (unpaired) electrons. The Bertz CT molecular complexity index is 748. The monoisotopic (exact) mass is 332 g/mol. The largest absolute Gasteiger partial charge is 0.493 e. The summed E-state index contributed by atoms with van der Waals surface area (Å²) >= 11 is 0. The number of benzene rings is 1. The Morgan fingerprint density at radius 3 is 2.58 bits per heavy atom. The molecule has 1 aromatic heterocycles. The summed E-state index contributed by atoms with van der Waals surface area (Å²) in [6.45, 7) is 1.53. The van der Waals surface area contributed by atoms with Crippen molar-refractivity contribution in [1.29, 1.82) is 0 Å². The fraction of sp³-hybridized carbons (Fsp3) is 0.294. The molecule has 0 amide bonds. The van der Waals surface area contributed by atoms with Gasteiger partial charge in [-0.05, 0) is 43.5 Å². The molecule has 128 valence electrons. The van der Waals surface area contributed by atoms with Crippen LogP contribution in [0.25, 0.3) is 10.9 Å². The summed E-state index contributed by atoms with van der Waals surface area (Å²) in [4.78, 5) is 22.4. The molecule has 0 saturated carbocycles. The van der Waals surface area contributed by atoms with Gasteiger partial charge in [-0.15, -0.1) is 0 Å². The van der Waals surface area contributed by atoms with Crippen molar-refractivity contribution in [2.45, 2.75) is 19.3 Å². The maximum absolute atomic E-state index is 9.55. The fourth-order valence-electron chi connectivity index (χ4n) is 2.66. The van der Waals surface area contributed by atoms with Gasteiger partial charge in [-0.3, -0.25) is 0 Å². The van der Waals surface area contributed by atoms with E-state index in [1.165, 1.54) is 22.0 Å². The van der Waals surface area contributed by atoms with Gasteiger partial charge in [-0.25, -0.2) is 9.59 Å². The van der Waals surface area contributed by atoms with Crippen LogP contribution in [0.1, 0.15) is 17.5 Å². The molecule has 1 aliphatic heterocycles. The van der Waals surface area contributed by atoms with Crippen LogP contribution in [-0.2, 0) is 22.4 Å². The standard InChI is InChI=1S/C13H16N2O.C4H4O4/c14-6-5-9-8-15-11-3-4-12-10(13(9)11)2-1-7-16-12;5-3(6)1-2-4(7)8/h3-4,8,15H,1-2,5-7,14H2;1-2H,(H,5,6)(H,7,8)/b;2-1-. The van der Waals surface area contributed by atoms with Gasteiger partial charge in [0.1, 0.15) is 5.75 Å². The Morgan fingerprint density at radius 2 is 1.96 bits per heavy atom. The lowest BCUT2D eigenvalue weighted by molar-refractivity contribution is -0.134. The number of carboxylic acids is 2. The van der Waals surface area contributed by atoms with Gasteiger partial charge in [0.15, 0.2) is 0 Å². The van der Waals surface area contributed by atoms with Crippen molar-refractivity contribution in [2.75, 3.05) is 13.2 Å². The number of aromatic nitrogens is 1. The first-order valence-electron chi connectivity index (χ1n) is 7.61. The zero-order valence-corrected chi connectivity index (χ0v) is 13.1. The number of aryl methyl sites for hydroxylation is 1.